The summed E-state index contributed by atoms with van der Waals surface area (Å²) >= 11 is 0. The molecule has 7 nitrogen and oxygen atoms in total. The molecule has 0 unspecified atom stereocenters. The third-order valence-corrected chi connectivity index (χ3v) is 4.84. The van der Waals surface area contributed by atoms with Crippen LogP contribution < -0.4 is 16.0 Å². The second-order valence-electron chi connectivity index (χ2n) is 6.85. The third kappa shape index (κ3) is 3.89. The topological polar surface area (TPSA) is 97.1 Å². The Balaban J connectivity index is 1.47. The lowest BCUT2D eigenvalue weighted by atomic mass is 10.1. The quantitative estimate of drug-likeness (QED) is 0.708. The Labute approximate surface area is 163 Å². The summed E-state index contributed by atoms with van der Waals surface area (Å²) in [5, 5.41) is 0. The largest absolute Gasteiger partial charge is 0.494 e. The molecule has 1 aliphatic rings. The van der Waals surface area contributed by atoms with E-state index in [1.54, 1.807) is 0 Å². The van der Waals surface area contributed by atoms with Gasteiger partial charge in [-0.15, -0.1) is 0 Å². The van der Waals surface area contributed by atoms with E-state index in [9.17, 15) is 4.79 Å². The van der Waals surface area contributed by atoms with E-state index >= 15 is 0 Å². The summed E-state index contributed by atoms with van der Waals surface area (Å²) in [4.78, 5) is 25.8. The zero-order valence-corrected chi connectivity index (χ0v) is 15.8. The summed E-state index contributed by atoms with van der Waals surface area (Å²) in [6.45, 7) is 4.74. The molecule has 0 bridgehead atoms. The second-order valence-corrected chi connectivity index (χ2v) is 6.85. The zero-order chi connectivity index (χ0) is 19.5. The number of benzene rings is 1. The first-order chi connectivity index (χ1) is 13.6. The highest BCUT2D eigenvalue weighted by molar-refractivity contribution is 5.61. The van der Waals surface area contributed by atoms with Crippen molar-refractivity contribution >= 4 is 5.95 Å². The van der Waals surface area contributed by atoms with E-state index in [1.165, 1.54) is 0 Å². The fourth-order valence-electron chi connectivity index (χ4n) is 3.49. The van der Waals surface area contributed by atoms with Gasteiger partial charge in [0.05, 0.1) is 23.6 Å². The van der Waals surface area contributed by atoms with E-state index in [0.717, 1.165) is 47.8 Å². The summed E-state index contributed by atoms with van der Waals surface area (Å²) in [6, 6.07) is 12.0. The number of anilines is 1. The average Bonchev–Trinajstić information content (AvgIpc) is 2.69. The minimum Gasteiger partial charge on any atom is -0.494 e. The van der Waals surface area contributed by atoms with Gasteiger partial charge in [0.25, 0.3) is 5.56 Å². The minimum atomic E-state index is -0.144. The Morgan fingerprint density at radius 1 is 1.29 bits per heavy atom. The van der Waals surface area contributed by atoms with Gasteiger partial charge in [0, 0.05) is 37.8 Å². The molecule has 2 aromatic heterocycles. The number of ether oxygens (including phenoxy) is 1. The van der Waals surface area contributed by atoms with Crippen molar-refractivity contribution in [3.8, 4) is 17.0 Å². The van der Waals surface area contributed by atoms with E-state index in [-0.39, 0.29) is 11.5 Å². The van der Waals surface area contributed by atoms with Crippen LogP contribution in [0.25, 0.3) is 11.3 Å². The Hall–Kier alpha value is -3.19. The summed E-state index contributed by atoms with van der Waals surface area (Å²) < 4.78 is 5.56. The number of hydrogen-bond donors (Lipinski definition) is 2. The molecular weight excluding hydrogens is 354 g/mol. The molecule has 0 fully saturated rings. The lowest BCUT2D eigenvalue weighted by Gasteiger charge is -2.27. The monoisotopic (exact) mass is 377 g/mol. The highest BCUT2D eigenvalue weighted by atomic mass is 16.5. The molecule has 0 aliphatic carbocycles. The van der Waals surface area contributed by atoms with Crippen molar-refractivity contribution in [2.45, 2.75) is 26.4 Å². The minimum absolute atomic E-state index is 0.144. The zero-order valence-electron chi connectivity index (χ0n) is 15.8. The van der Waals surface area contributed by atoms with Crippen molar-refractivity contribution in [2.24, 2.45) is 0 Å². The summed E-state index contributed by atoms with van der Waals surface area (Å²) in [5.41, 5.74) is 10.0. The molecule has 0 radical (unpaired) electrons. The molecule has 0 atom stereocenters. The molecule has 0 amide bonds. The number of nitrogen functional groups attached to an aromatic ring is 1. The van der Waals surface area contributed by atoms with Gasteiger partial charge in [-0.05, 0) is 30.7 Å². The van der Waals surface area contributed by atoms with Crippen LogP contribution >= 0.6 is 0 Å². The van der Waals surface area contributed by atoms with E-state index in [2.05, 4.69) is 25.9 Å². The molecule has 0 saturated heterocycles. The number of rotatable bonds is 5. The molecule has 7 heteroatoms. The first-order valence-corrected chi connectivity index (χ1v) is 9.40. The molecule has 3 heterocycles. The van der Waals surface area contributed by atoms with Crippen LogP contribution in [0.2, 0.25) is 0 Å². The number of nitrogens with zero attached hydrogens (tertiary/aromatic N) is 3. The van der Waals surface area contributed by atoms with Gasteiger partial charge in [0.2, 0.25) is 5.95 Å². The van der Waals surface area contributed by atoms with E-state index in [0.29, 0.717) is 18.7 Å². The fourth-order valence-corrected chi connectivity index (χ4v) is 3.49. The lowest BCUT2D eigenvalue weighted by Crippen LogP contribution is -2.35. The number of nitrogens with one attached hydrogen (secondary N) is 1. The maximum Gasteiger partial charge on any atom is 0.257 e. The molecule has 0 spiro atoms. The highest BCUT2D eigenvalue weighted by Gasteiger charge is 2.21. The van der Waals surface area contributed by atoms with Gasteiger partial charge < -0.3 is 10.5 Å². The number of fused-ring (bicyclic) bond motifs is 1. The smallest absolute Gasteiger partial charge is 0.257 e. The SMILES string of the molecule is CCOc1cccc(-c2ccc(CN3CCc4nc(N)[nH]c(=O)c4C3)cn2)c1. The average molecular weight is 377 g/mol. The van der Waals surface area contributed by atoms with Gasteiger partial charge in [-0.3, -0.25) is 19.7 Å². The number of aromatic nitrogens is 3. The van der Waals surface area contributed by atoms with Crippen LogP contribution in [0.15, 0.2) is 47.4 Å². The van der Waals surface area contributed by atoms with Crippen LogP contribution in [0.4, 0.5) is 5.95 Å². The Morgan fingerprint density at radius 3 is 2.96 bits per heavy atom. The first kappa shape index (κ1) is 18.2. The van der Waals surface area contributed by atoms with E-state index in [1.807, 2.05) is 43.5 Å². The number of aromatic amines is 1. The van der Waals surface area contributed by atoms with E-state index in [4.69, 9.17) is 10.5 Å². The molecule has 28 heavy (non-hydrogen) atoms. The van der Waals surface area contributed by atoms with Gasteiger partial charge in [-0.2, -0.15) is 0 Å². The van der Waals surface area contributed by atoms with Crippen molar-refractivity contribution in [1.29, 1.82) is 0 Å². The number of pyridine rings is 1. The molecule has 3 N–H and O–H groups in total. The molecule has 4 rings (SSSR count). The third-order valence-electron chi connectivity index (χ3n) is 4.84. The summed E-state index contributed by atoms with van der Waals surface area (Å²) in [7, 11) is 0. The maximum absolute atomic E-state index is 12.1. The maximum atomic E-state index is 12.1. The van der Waals surface area contributed by atoms with Crippen LogP contribution in [0, 0.1) is 0 Å². The van der Waals surface area contributed by atoms with Crippen LogP contribution in [-0.4, -0.2) is 33.0 Å². The fraction of sp³-hybridized carbons (Fsp3) is 0.286. The first-order valence-electron chi connectivity index (χ1n) is 9.40. The van der Waals surface area contributed by atoms with Gasteiger partial charge in [0.1, 0.15) is 5.75 Å². The predicted octanol–water partition coefficient (Wildman–Crippen LogP) is 2.37. The van der Waals surface area contributed by atoms with Gasteiger partial charge in [-0.1, -0.05) is 18.2 Å². The van der Waals surface area contributed by atoms with Crippen LogP contribution in [0.5, 0.6) is 5.75 Å². The molecule has 144 valence electrons. The van der Waals surface area contributed by atoms with Gasteiger partial charge >= 0.3 is 0 Å². The van der Waals surface area contributed by atoms with Crippen LogP contribution in [0.3, 0.4) is 0 Å². The van der Waals surface area contributed by atoms with E-state index < -0.39 is 0 Å². The van der Waals surface area contributed by atoms with Crippen molar-refractivity contribution in [1.82, 2.24) is 19.9 Å². The summed E-state index contributed by atoms with van der Waals surface area (Å²) in [6.07, 6.45) is 2.61. The number of hydrogen-bond acceptors (Lipinski definition) is 6. The van der Waals surface area contributed by atoms with Crippen LogP contribution in [0.1, 0.15) is 23.7 Å². The van der Waals surface area contributed by atoms with Crippen LogP contribution in [-0.2, 0) is 19.5 Å². The van der Waals surface area contributed by atoms with Crippen molar-refractivity contribution in [3.05, 3.63) is 69.8 Å². The van der Waals surface area contributed by atoms with Gasteiger partial charge in [0.15, 0.2) is 0 Å². The normalized spacial score (nSPS) is 13.9. The van der Waals surface area contributed by atoms with Crippen molar-refractivity contribution in [2.75, 3.05) is 18.9 Å². The Kier molecular flexibility index (Phi) is 5.08. The molecule has 3 aromatic rings. The molecular formula is C21H23N5O2. The summed E-state index contributed by atoms with van der Waals surface area (Å²) in [5.74, 6) is 1.03. The standard InChI is InChI=1S/C21H23N5O2/c1-2-28-16-5-3-4-15(10-16)18-7-6-14(11-23-18)12-26-9-8-19-17(13-26)20(27)25-21(22)24-19/h3-7,10-11H,2,8-9,12-13H2,1H3,(H3,22,24,25,27). The molecule has 1 aliphatic heterocycles. The predicted molar refractivity (Wildman–Crippen MR) is 108 cm³/mol. The van der Waals surface area contributed by atoms with Crippen molar-refractivity contribution in [3.63, 3.8) is 0 Å². The van der Waals surface area contributed by atoms with Crippen molar-refractivity contribution < 1.29 is 4.74 Å². The molecule has 0 saturated carbocycles. The molecule has 1 aromatic carbocycles. The Morgan fingerprint density at radius 2 is 2.18 bits per heavy atom. The highest BCUT2D eigenvalue weighted by Crippen LogP contribution is 2.23. The van der Waals surface area contributed by atoms with Gasteiger partial charge in [-0.25, -0.2) is 4.98 Å². The number of H-pyrrole nitrogens is 1. The number of nitrogens with two attached hydrogens (primary N) is 1. The second kappa shape index (κ2) is 7.82. The lowest BCUT2D eigenvalue weighted by molar-refractivity contribution is 0.241. The Bertz CT molecular complexity index is 1030.